The maximum absolute atomic E-state index is 12.3. The number of aliphatic hydroxyl groups excluding tert-OH is 1. The van der Waals surface area contributed by atoms with E-state index in [0.717, 1.165) is 16.9 Å². The molecule has 1 aliphatic carbocycles. The van der Waals surface area contributed by atoms with Gasteiger partial charge >= 0.3 is 0 Å². The summed E-state index contributed by atoms with van der Waals surface area (Å²) in [6.07, 6.45) is 0.371. The molecule has 0 unspecified atom stereocenters. The van der Waals surface area contributed by atoms with E-state index in [9.17, 15) is 9.90 Å². The summed E-state index contributed by atoms with van der Waals surface area (Å²) in [5.41, 5.74) is 7.80. The van der Waals surface area contributed by atoms with Crippen molar-refractivity contribution in [2.24, 2.45) is 11.7 Å². The molecule has 1 fully saturated rings. The number of amides is 1. The van der Waals surface area contributed by atoms with Crippen LogP contribution in [0.15, 0.2) is 54.6 Å². The Hall–Kier alpha value is -2.37. The SMILES string of the molecule is N[C@@H]1C[C@H](C(=O)NCc2ccccc2OCc2ccccc2)C[C@H]1O. The van der Waals surface area contributed by atoms with Crippen LogP contribution in [0.5, 0.6) is 5.75 Å². The Kier molecular flexibility index (Phi) is 5.68. The molecule has 3 rings (SSSR count). The normalized spacial score (nSPS) is 22.6. The highest BCUT2D eigenvalue weighted by molar-refractivity contribution is 5.79. The molecule has 0 aliphatic heterocycles. The first kappa shape index (κ1) is 17.5. The standard InChI is InChI=1S/C20H24N2O3/c21-17-10-16(11-18(17)23)20(24)22-12-15-8-4-5-9-19(15)25-13-14-6-2-1-3-7-14/h1-9,16-18,23H,10-13,21H2,(H,22,24)/t16-,17+,18+/m0/s1. The molecule has 25 heavy (non-hydrogen) atoms. The number of benzene rings is 2. The van der Waals surface area contributed by atoms with Crippen molar-refractivity contribution < 1.29 is 14.6 Å². The molecule has 5 nitrogen and oxygen atoms in total. The Morgan fingerprint density at radius 2 is 1.84 bits per heavy atom. The zero-order valence-electron chi connectivity index (χ0n) is 14.1. The smallest absolute Gasteiger partial charge is 0.223 e. The third-order valence-corrected chi connectivity index (χ3v) is 4.61. The van der Waals surface area contributed by atoms with Crippen molar-refractivity contribution in [3.63, 3.8) is 0 Å². The number of hydrogen-bond acceptors (Lipinski definition) is 4. The van der Waals surface area contributed by atoms with Gasteiger partial charge in [-0.15, -0.1) is 0 Å². The number of ether oxygens (including phenoxy) is 1. The summed E-state index contributed by atoms with van der Waals surface area (Å²) >= 11 is 0. The highest BCUT2D eigenvalue weighted by atomic mass is 16.5. The second-order valence-corrected chi connectivity index (χ2v) is 6.50. The Bertz CT molecular complexity index is 695. The van der Waals surface area contributed by atoms with Crippen LogP contribution in [0.1, 0.15) is 24.0 Å². The average molecular weight is 340 g/mol. The maximum Gasteiger partial charge on any atom is 0.223 e. The van der Waals surface area contributed by atoms with Crippen LogP contribution in [0.25, 0.3) is 0 Å². The van der Waals surface area contributed by atoms with Crippen molar-refractivity contribution in [1.29, 1.82) is 0 Å². The van der Waals surface area contributed by atoms with E-state index >= 15 is 0 Å². The molecule has 0 heterocycles. The van der Waals surface area contributed by atoms with Gasteiger partial charge in [0.2, 0.25) is 5.91 Å². The second kappa shape index (κ2) is 8.14. The molecule has 0 aromatic heterocycles. The summed E-state index contributed by atoms with van der Waals surface area (Å²) in [5.74, 6) is 0.474. The molecular formula is C20H24N2O3. The first-order valence-electron chi connectivity index (χ1n) is 8.59. The molecule has 0 saturated heterocycles. The lowest BCUT2D eigenvalue weighted by Crippen LogP contribution is -2.30. The molecule has 1 amide bonds. The zero-order valence-corrected chi connectivity index (χ0v) is 14.1. The number of carbonyl (C=O) groups excluding carboxylic acids is 1. The van der Waals surface area contributed by atoms with Gasteiger partial charge in [-0.05, 0) is 24.5 Å². The van der Waals surface area contributed by atoms with Gasteiger partial charge in [0.15, 0.2) is 0 Å². The van der Waals surface area contributed by atoms with E-state index < -0.39 is 6.10 Å². The van der Waals surface area contributed by atoms with Gasteiger partial charge in [0.05, 0.1) is 6.10 Å². The summed E-state index contributed by atoms with van der Waals surface area (Å²) in [7, 11) is 0. The highest BCUT2D eigenvalue weighted by Crippen LogP contribution is 2.25. The maximum atomic E-state index is 12.3. The molecule has 0 spiro atoms. The molecule has 4 N–H and O–H groups in total. The number of nitrogens with two attached hydrogens (primary N) is 1. The average Bonchev–Trinajstić information content (AvgIpc) is 2.98. The number of aliphatic hydroxyl groups is 1. The van der Waals surface area contributed by atoms with Crippen molar-refractivity contribution in [3.8, 4) is 5.75 Å². The lowest BCUT2D eigenvalue weighted by atomic mass is 10.1. The van der Waals surface area contributed by atoms with Gasteiger partial charge in [-0.25, -0.2) is 0 Å². The second-order valence-electron chi connectivity index (χ2n) is 6.50. The molecule has 5 heteroatoms. The van der Waals surface area contributed by atoms with Crippen molar-refractivity contribution in [2.45, 2.75) is 38.1 Å². The topological polar surface area (TPSA) is 84.6 Å². The molecule has 132 valence electrons. The van der Waals surface area contributed by atoms with Gasteiger partial charge in [0.1, 0.15) is 12.4 Å². The number of nitrogens with one attached hydrogen (secondary N) is 1. The van der Waals surface area contributed by atoms with Crippen molar-refractivity contribution in [1.82, 2.24) is 5.32 Å². The molecule has 0 radical (unpaired) electrons. The van der Waals surface area contributed by atoms with Gasteiger partial charge in [-0.3, -0.25) is 4.79 Å². The number of carbonyl (C=O) groups is 1. The van der Waals surface area contributed by atoms with E-state index in [1.54, 1.807) is 0 Å². The Morgan fingerprint density at radius 1 is 1.12 bits per heavy atom. The fourth-order valence-electron chi connectivity index (χ4n) is 3.11. The van der Waals surface area contributed by atoms with Crippen LogP contribution in [-0.4, -0.2) is 23.2 Å². The van der Waals surface area contributed by atoms with Crippen LogP contribution in [0.3, 0.4) is 0 Å². The van der Waals surface area contributed by atoms with Crippen molar-refractivity contribution in [2.75, 3.05) is 0 Å². The zero-order chi connectivity index (χ0) is 17.6. The van der Waals surface area contributed by atoms with E-state index in [4.69, 9.17) is 10.5 Å². The quantitative estimate of drug-likeness (QED) is 0.751. The first-order chi connectivity index (χ1) is 12.1. The largest absolute Gasteiger partial charge is 0.489 e. The highest BCUT2D eigenvalue weighted by Gasteiger charge is 2.34. The van der Waals surface area contributed by atoms with Crippen molar-refractivity contribution >= 4 is 5.91 Å². The van der Waals surface area contributed by atoms with Gasteiger partial charge in [0.25, 0.3) is 0 Å². The monoisotopic (exact) mass is 340 g/mol. The molecule has 1 saturated carbocycles. The summed E-state index contributed by atoms with van der Waals surface area (Å²) in [4.78, 5) is 12.3. The lowest BCUT2D eigenvalue weighted by molar-refractivity contribution is -0.125. The van der Waals surface area contributed by atoms with Crippen LogP contribution in [0, 0.1) is 5.92 Å². The molecule has 2 aromatic carbocycles. The predicted octanol–water partition coefficient (Wildman–Crippen LogP) is 1.98. The minimum Gasteiger partial charge on any atom is -0.489 e. The fourth-order valence-corrected chi connectivity index (χ4v) is 3.11. The van der Waals surface area contributed by atoms with E-state index in [0.29, 0.717) is 26.0 Å². The third kappa shape index (κ3) is 4.59. The number of para-hydroxylation sites is 1. The Labute approximate surface area is 147 Å². The van der Waals surface area contributed by atoms with Gasteiger partial charge in [-0.2, -0.15) is 0 Å². The molecule has 1 aliphatic rings. The fraction of sp³-hybridized carbons (Fsp3) is 0.350. The molecule has 0 bridgehead atoms. The van der Waals surface area contributed by atoms with Crippen LogP contribution in [0.2, 0.25) is 0 Å². The summed E-state index contributed by atoms with van der Waals surface area (Å²) < 4.78 is 5.90. The lowest BCUT2D eigenvalue weighted by Gasteiger charge is -2.14. The molecule has 2 aromatic rings. The number of hydrogen-bond donors (Lipinski definition) is 3. The van der Waals surface area contributed by atoms with Crippen LogP contribution < -0.4 is 15.8 Å². The minimum atomic E-state index is -0.586. The van der Waals surface area contributed by atoms with E-state index in [1.165, 1.54) is 0 Å². The Morgan fingerprint density at radius 3 is 2.56 bits per heavy atom. The molecular weight excluding hydrogens is 316 g/mol. The minimum absolute atomic E-state index is 0.0649. The van der Waals surface area contributed by atoms with E-state index in [2.05, 4.69) is 5.32 Å². The summed E-state index contributed by atoms with van der Waals surface area (Å²) in [6.45, 7) is 0.876. The van der Waals surface area contributed by atoms with Gasteiger partial charge in [-0.1, -0.05) is 48.5 Å². The molecule has 3 atom stereocenters. The third-order valence-electron chi connectivity index (χ3n) is 4.61. The van der Waals surface area contributed by atoms with Crippen molar-refractivity contribution in [3.05, 3.63) is 65.7 Å². The summed E-state index contributed by atoms with van der Waals surface area (Å²) in [5, 5.41) is 12.6. The Balaban J connectivity index is 1.56. The van der Waals surface area contributed by atoms with E-state index in [-0.39, 0.29) is 17.9 Å². The van der Waals surface area contributed by atoms with Gasteiger partial charge in [0, 0.05) is 24.1 Å². The summed E-state index contributed by atoms with van der Waals surface area (Å²) in [6, 6.07) is 17.3. The van der Waals surface area contributed by atoms with E-state index in [1.807, 2.05) is 54.6 Å². The van der Waals surface area contributed by atoms with Crippen LogP contribution >= 0.6 is 0 Å². The number of rotatable bonds is 6. The predicted molar refractivity (Wildman–Crippen MR) is 95.8 cm³/mol. The van der Waals surface area contributed by atoms with Gasteiger partial charge < -0.3 is 20.9 Å². The first-order valence-corrected chi connectivity index (χ1v) is 8.59. The van der Waals surface area contributed by atoms with Crippen LogP contribution in [-0.2, 0) is 17.9 Å². The van der Waals surface area contributed by atoms with Crippen LogP contribution in [0.4, 0.5) is 0 Å².